The molecule has 4 rings (SSSR count). The molecule has 2 bridgehead atoms. The number of benzene rings is 1. The number of carbonyl (C=O) groups excluding carboxylic acids is 1. The highest BCUT2D eigenvalue weighted by atomic mass is 16.1. The van der Waals surface area contributed by atoms with Gasteiger partial charge in [0.2, 0.25) is 0 Å². The standard InChI is InChI=1S/C19H26N2O/c1-13-5-7-14(8-6-13)19(22)20-15-11-17-3-2-4-18(12-15)21(17)16-9-10-16/h5-8,15-18H,2-4,9-12H2,1H3,(H,20,22)/t17-,18-/m1/s1. The van der Waals surface area contributed by atoms with E-state index in [0.717, 1.165) is 24.4 Å². The second kappa shape index (κ2) is 5.69. The lowest BCUT2D eigenvalue weighted by molar-refractivity contribution is 0.0175. The third kappa shape index (κ3) is 2.79. The first kappa shape index (κ1) is 14.3. The molecule has 2 saturated heterocycles. The average Bonchev–Trinajstić information content (AvgIpc) is 3.31. The molecule has 1 saturated carbocycles. The molecule has 1 amide bonds. The van der Waals surface area contributed by atoms with E-state index in [9.17, 15) is 4.79 Å². The Kier molecular flexibility index (Phi) is 3.69. The van der Waals surface area contributed by atoms with Crippen LogP contribution in [0.1, 0.15) is 60.9 Å². The van der Waals surface area contributed by atoms with Crippen LogP contribution >= 0.6 is 0 Å². The first-order valence-electron chi connectivity index (χ1n) is 8.85. The van der Waals surface area contributed by atoms with Gasteiger partial charge in [0, 0.05) is 29.7 Å². The van der Waals surface area contributed by atoms with Crippen molar-refractivity contribution in [1.82, 2.24) is 10.2 Å². The quantitative estimate of drug-likeness (QED) is 0.929. The molecule has 0 unspecified atom stereocenters. The highest BCUT2D eigenvalue weighted by molar-refractivity contribution is 5.94. The van der Waals surface area contributed by atoms with E-state index >= 15 is 0 Å². The van der Waals surface area contributed by atoms with Gasteiger partial charge in [0.05, 0.1) is 0 Å². The molecule has 1 aliphatic carbocycles. The van der Waals surface area contributed by atoms with Crippen molar-refractivity contribution in [2.45, 2.75) is 76.0 Å². The summed E-state index contributed by atoms with van der Waals surface area (Å²) in [4.78, 5) is 15.3. The van der Waals surface area contributed by atoms with Gasteiger partial charge in [-0.15, -0.1) is 0 Å². The number of aryl methyl sites for hydroxylation is 1. The lowest BCUT2D eigenvalue weighted by Crippen LogP contribution is -2.57. The van der Waals surface area contributed by atoms with Crippen LogP contribution in [0.25, 0.3) is 0 Å². The van der Waals surface area contributed by atoms with Crippen molar-refractivity contribution in [2.75, 3.05) is 0 Å². The van der Waals surface area contributed by atoms with Gasteiger partial charge in [-0.1, -0.05) is 24.1 Å². The van der Waals surface area contributed by atoms with E-state index in [2.05, 4.69) is 17.1 Å². The van der Waals surface area contributed by atoms with Crippen LogP contribution in [0.3, 0.4) is 0 Å². The number of rotatable bonds is 3. The Balaban J connectivity index is 1.41. The molecule has 1 aromatic carbocycles. The van der Waals surface area contributed by atoms with E-state index in [4.69, 9.17) is 0 Å². The van der Waals surface area contributed by atoms with Crippen LogP contribution in [0, 0.1) is 6.92 Å². The number of carbonyl (C=O) groups is 1. The molecule has 1 N–H and O–H groups in total. The molecule has 3 aliphatic rings. The number of hydrogen-bond acceptors (Lipinski definition) is 2. The minimum Gasteiger partial charge on any atom is -0.349 e. The Bertz CT molecular complexity index is 535. The minimum absolute atomic E-state index is 0.0999. The molecule has 0 aromatic heterocycles. The summed E-state index contributed by atoms with van der Waals surface area (Å²) in [6.07, 6.45) is 9.10. The molecule has 3 fully saturated rings. The lowest BCUT2D eigenvalue weighted by atomic mass is 9.81. The Labute approximate surface area is 133 Å². The maximum absolute atomic E-state index is 12.4. The summed E-state index contributed by atoms with van der Waals surface area (Å²) in [7, 11) is 0. The largest absolute Gasteiger partial charge is 0.349 e. The fourth-order valence-corrected chi connectivity index (χ4v) is 4.48. The van der Waals surface area contributed by atoms with Gasteiger partial charge in [-0.25, -0.2) is 0 Å². The SMILES string of the molecule is Cc1ccc(C(=O)NC2C[C@H]3CCC[C@H](C2)N3C2CC2)cc1. The van der Waals surface area contributed by atoms with Crippen molar-refractivity contribution in [3.05, 3.63) is 35.4 Å². The molecule has 22 heavy (non-hydrogen) atoms. The first-order chi connectivity index (χ1) is 10.7. The van der Waals surface area contributed by atoms with E-state index in [1.807, 2.05) is 24.3 Å². The van der Waals surface area contributed by atoms with E-state index in [-0.39, 0.29) is 5.91 Å². The zero-order chi connectivity index (χ0) is 15.1. The monoisotopic (exact) mass is 298 g/mol. The van der Waals surface area contributed by atoms with Crippen LogP contribution in [0.4, 0.5) is 0 Å². The van der Waals surface area contributed by atoms with Crippen LogP contribution in [-0.2, 0) is 0 Å². The highest BCUT2D eigenvalue weighted by Gasteiger charge is 2.45. The smallest absolute Gasteiger partial charge is 0.251 e. The zero-order valence-corrected chi connectivity index (χ0v) is 13.4. The van der Waals surface area contributed by atoms with Crippen LogP contribution < -0.4 is 5.32 Å². The molecule has 3 heteroatoms. The Morgan fingerprint density at radius 2 is 1.64 bits per heavy atom. The topological polar surface area (TPSA) is 32.3 Å². The van der Waals surface area contributed by atoms with E-state index in [1.165, 1.54) is 37.7 Å². The zero-order valence-electron chi connectivity index (χ0n) is 13.4. The van der Waals surface area contributed by atoms with Crippen LogP contribution in [-0.4, -0.2) is 35.0 Å². The van der Waals surface area contributed by atoms with E-state index in [1.54, 1.807) is 0 Å². The number of nitrogens with one attached hydrogen (secondary N) is 1. The maximum Gasteiger partial charge on any atom is 0.251 e. The van der Waals surface area contributed by atoms with Gasteiger partial charge in [0.25, 0.3) is 5.91 Å². The number of piperidine rings is 2. The molecular weight excluding hydrogens is 272 g/mol. The predicted octanol–water partition coefficient (Wildman–Crippen LogP) is 3.27. The molecule has 2 aliphatic heterocycles. The summed E-state index contributed by atoms with van der Waals surface area (Å²) in [6, 6.07) is 10.5. The number of fused-ring (bicyclic) bond motifs is 2. The third-order valence-corrected chi connectivity index (χ3v) is 5.65. The van der Waals surface area contributed by atoms with Gasteiger partial charge in [-0.3, -0.25) is 9.69 Å². The summed E-state index contributed by atoms with van der Waals surface area (Å²) >= 11 is 0. The summed E-state index contributed by atoms with van der Waals surface area (Å²) in [5.41, 5.74) is 1.99. The van der Waals surface area contributed by atoms with Gasteiger partial charge >= 0.3 is 0 Å². The van der Waals surface area contributed by atoms with Crippen molar-refractivity contribution in [3.8, 4) is 0 Å². The van der Waals surface area contributed by atoms with Crippen LogP contribution in [0.15, 0.2) is 24.3 Å². The number of amides is 1. The van der Waals surface area contributed by atoms with E-state index < -0.39 is 0 Å². The minimum atomic E-state index is 0.0999. The molecular formula is C19H26N2O. The Hall–Kier alpha value is -1.35. The molecule has 118 valence electrons. The Morgan fingerprint density at radius 1 is 1.00 bits per heavy atom. The molecule has 1 aromatic rings. The summed E-state index contributed by atoms with van der Waals surface area (Å²) in [6.45, 7) is 2.05. The second-order valence-corrected chi connectivity index (χ2v) is 7.42. The van der Waals surface area contributed by atoms with Crippen LogP contribution in [0.5, 0.6) is 0 Å². The number of nitrogens with zero attached hydrogens (tertiary/aromatic N) is 1. The molecule has 0 radical (unpaired) electrons. The summed E-state index contributed by atoms with van der Waals surface area (Å²) in [5.74, 6) is 0.0999. The van der Waals surface area contributed by atoms with Crippen molar-refractivity contribution >= 4 is 5.91 Å². The van der Waals surface area contributed by atoms with Gasteiger partial charge in [-0.2, -0.15) is 0 Å². The Morgan fingerprint density at radius 3 is 2.23 bits per heavy atom. The molecule has 2 heterocycles. The van der Waals surface area contributed by atoms with Gasteiger partial charge in [-0.05, 0) is 57.6 Å². The van der Waals surface area contributed by atoms with Crippen LogP contribution in [0.2, 0.25) is 0 Å². The lowest BCUT2D eigenvalue weighted by Gasteiger charge is -2.49. The van der Waals surface area contributed by atoms with E-state index in [0.29, 0.717) is 18.1 Å². The average molecular weight is 298 g/mol. The van der Waals surface area contributed by atoms with Gasteiger partial charge in [0.15, 0.2) is 0 Å². The first-order valence-corrected chi connectivity index (χ1v) is 8.85. The second-order valence-electron chi connectivity index (χ2n) is 7.42. The van der Waals surface area contributed by atoms with Crippen molar-refractivity contribution in [2.24, 2.45) is 0 Å². The third-order valence-electron chi connectivity index (χ3n) is 5.65. The molecule has 0 spiro atoms. The normalized spacial score (nSPS) is 31.8. The fraction of sp³-hybridized carbons (Fsp3) is 0.632. The van der Waals surface area contributed by atoms with Crippen molar-refractivity contribution < 1.29 is 4.79 Å². The highest BCUT2D eigenvalue weighted by Crippen LogP contribution is 2.41. The summed E-state index contributed by atoms with van der Waals surface area (Å²) < 4.78 is 0. The van der Waals surface area contributed by atoms with Crippen molar-refractivity contribution in [3.63, 3.8) is 0 Å². The molecule has 3 nitrogen and oxygen atoms in total. The fourth-order valence-electron chi connectivity index (χ4n) is 4.48. The molecule has 2 atom stereocenters. The predicted molar refractivity (Wildman–Crippen MR) is 88.0 cm³/mol. The summed E-state index contributed by atoms with van der Waals surface area (Å²) in [5, 5.41) is 3.30. The van der Waals surface area contributed by atoms with Crippen molar-refractivity contribution in [1.29, 1.82) is 0 Å². The van der Waals surface area contributed by atoms with Gasteiger partial charge in [0.1, 0.15) is 0 Å². The van der Waals surface area contributed by atoms with Gasteiger partial charge < -0.3 is 5.32 Å². The maximum atomic E-state index is 12.4. The number of hydrogen-bond donors (Lipinski definition) is 1.